The van der Waals surface area contributed by atoms with Crippen LogP contribution in [0.3, 0.4) is 0 Å². The Bertz CT molecular complexity index is 578. The third-order valence-corrected chi connectivity index (χ3v) is 3.31. The Labute approximate surface area is 87.9 Å². The van der Waals surface area contributed by atoms with Gasteiger partial charge in [-0.05, 0) is 36.3 Å². The van der Waals surface area contributed by atoms with Crippen LogP contribution in [0.15, 0.2) is 15.3 Å². The maximum Gasteiger partial charge on any atom is 0.339 e. The summed E-state index contributed by atoms with van der Waals surface area (Å²) in [6.45, 7) is 4.04. The van der Waals surface area contributed by atoms with Crippen molar-refractivity contribution in [1.29, 1.82) is 0 Å². The van der Waals surface area contributed by atoms with Gasteiger partial charge in [0.25, 0.3) is 0 Å². The van der Waals surface area contributed by atoms with Crippen molar-refractivity contribution in [2.75, 3.05) is 0 Å². The van der Waals surface area contributed by atoms with Crippen LogP contribution >= 0.6 is 0 Å². The first-order chi connectivity index (χ1) is 7.15. The minimum absolute atomic E-state index is 0.174. The van der Waals surface area contributed by atoms with E-state index in [4.69, 9.17) is 4.42 Å². The van der Waals surface area contributed by atoms with Crippen molar-refractivity contribution in [2.45, 2.75) is 26.2 Å². The Kier molecular flexibility index (Phi) is 1.70. The molecule has 0 saturated heterocycles. The highest BCUT2D eigenvalue weighted by molar-refractivity contribution is 5.47. The lowest BCUT2D eigenvalue weighted by Gasteiger charge is -2.04. The maximum absolute atomic E-state index is 11.7. The van der Waals surface area contributed by atoms with Crippen molar-refractivity contribution in [3.63, 3.8) is 0 Å². The molecule has 2 nitrogen and oxygen atoms in total. The van der Waals surface area contributed by atoms with Gasteiger partial charge in [-0.2, -0.15) is 0 Å². The predicted molar refractivity (Wildman–Crippen MR) is 58.8 cm³/mol. The van der Waals surface area contributed by atoms with E-state index in [9.17, 15) is 4.79 Å². The van der Waals surface area contributed by atoms with E-state index >= 15 is 0 Å². The molecule has 0 aliphatic heterocycles. The Morgan fingerprint density at radius 1 is 1.33 bits per heavy atom. The lowest BCUT2D eigenvalue weighted by Crippen LogP contribution is -2.33. The molecule has 0 radical (unpaired) electrons. The molecule has 1 saturated carbocycles. The van der Waals surface area contributed by atoms with Gasteiger partial charge in [-0.25, -0.2) is 4.79 Å². The molecule has 2 heteroatoms. The van der Waals surface area contributed by atoms with Gasteiger partial charge in [-0.1, -0.05) is 19.9 Å². The quantitative estimate of drug-likeness (QED) is 0.679. The number of hydrogen-bond donors (Lipinski definition) is 0. The topological polar surface area (TPSA) is 30.2 Å². The molecular formula is C13H14O2. The van der Waals surface area contributed by atoms with Crippen molar-refractivity contribution in [2.24, 2.45) is 11.8 Å². The third kappa shape index (κ3) is 1.36. The van der Waals surface area contributed by atoms with Crippen LogP contribution in [0.2, 0.25) is 0 Å². The number of hydrogen-bond acceptors (Lipinski definition) is 2. The zero-order chi connectivity index (χ0) is 10.6. The molecule has 1 aromatic rings. The summed E-state index contributed by atoms with van der Waals surface area (Å²) in [7, 11) is 0. The summed E-state index contributed by atoms with van der Waals surface area (Å²) in [6, 6.07) is 2.00. The maximum atomic E-state index is 11.7. The van der Waals surface area contributed by atoms with E-state index in [2.05, 4.69) is 12.2 Å². The van der Waals surface area contributed by atoms with Crippen LogP contribution in [0, 0.1) is 11.8 Å². The van der Waals surface area contributed by atoms with Crippen molar-refractivity contribution in [3.8, 4) is 0 Å². The molecule has 0 N–H and O–H groups in total. The Morgan fingerprint density at radius 3 is 2.80 bits per heavy atom. The largest absolute Gasteiger partial charge is 0.423 e. The van der Waals surface area contributed by atoms with E-state index in [-0.39, 0.29) is 11.5 Å². The number of fused-ring (bicyclic) bond motifs is 2. The molecule has 2 atom stereocenters. The first kappa shape index (κ1) is 8.96. The Hall–Kier alpha value is -1.31. The van der Waals surface area contributed by atoms with Crippen LogP contribution in [-0.4, -0.2) is 0 Å². The van der Waals surface area contributed by atoms with E-state index in [1.54, 1.807) is 0 Å². The van der Waals surface area contributed by atoms with E-state index in [0.29, 0.717) is 11.8 Å². The molecule has 0 amide bonds. The fourth-order valence-corrected chi connectivity index (χ4v) is 2.22. The molecule has 0 aromatic carbocycles. The van der Waals surface area contributed by atoms with E-state index in [1.807, 2.05) is 19.9 Å². The van der Waals surface area contributed by atoms with E-state index < -0.39 is 0 Å². The van der Waals surface area contributed by atoms with Crippen molar-refractivity contribution >= 4 is 12.2 Å². The van der Waals surface area contributed by atoms with Crippen LogP contribution in [-0.2, 0) is 0 Å². The first-order valence-corrected chi connectivity index (χ1v) is 5.53. The zero-order valence-corrected chi connectivity index (χ0v) is 8.99. The summed E-state index contributed by atoms with van der Waals surface area (Å²) >= 11 is 0. The van der Waals surface area contributed by atoms with Gasteiger partial charge in [0.1, 0.15) is 5.42 Å². The molecule has 1 heterocycles. The second-order valence-corrected chi connectivity index (χ2v) is 4.86. The zero-order valence-electron chi connectivity index (χ0n) is 8.99. The smallest absolute Gasteiger partial charge is 0.339 e. The van der Waals surface area contributed by atoms with Gasteiger partial charge < -0.3 is 4.42 Å². The average Bonchev–Trinajstić information content (AvgIpc) is 2.90. The van der Waals surface area contributed by atoms with Gasteiger partial charge >= 0.3 is 5.63 Å². The van der Waals surface area contributed by atoms with Crippen molar-refractivity contribution in [1.82, 2.24) is 0 Å². The molecule has 0 spiro atoms. The second-order valence-electron chi connectivity index (χ2n) is 4.86. The molecule has 2 aliphatic carbocycles. The molecular weight excluding hydrogens is 188 g/mol. The Morgan fingerprint density at radius 2 is 2.07 bits per heavy atom. The summed E-state index contributed by atoms with van der Waals surface area (Å²) in [5.74, 6) is 1.56. The monoisotopic (exact) mass is 202 g/mol. The summed E-state index contributed by atoms with van der Waals surface area (Å²) < 4.78 is 5.35. The highest BCUT2D eigenvalue weighted by Gasteiger charge is 2.35. The van der Waals surface area contributed by atoms with Gasteiger partial charge in [0.05, 0.1) is 0 Å². The van der Waals surface area contributed by atoms with Crippen molar-refractivity contribution in [3.05, 3.63) is 32.7 Å². The van der Waals surface area contributed by atoms with Gasteiger partial charge in [-0.3, -0.25) is 0 Å². The van der Waals surface area contributed by atoms with Crippen LogP contribution in [0.1, 0.15) is 31.7 Å². The molecule has 3 rings (SSSR count). The molecule has 2 aliphatic rings. The van der Waals surface area contributed by atoms with E-state index in [1.165, 1.54) is 6.42 Å². The average molecular weight is 202 g/mol. The summed E-state index contributed by atoms with van der Waals surface area (Å²) in [5.41, 5.74) is 1.40. The van der Waals surface area contributed by atoms with Crippen LogP contribution in [0.5, 0.6) is 0 Å². The van der Waals surface area contributed by atoms with Gasteiger partial charge in [0, 0.05) is 10.8 Å². The second kappa shape index (κ2) is 2.84. The fraction of sp³-hybridized carbons (Fsp3) is 0.462. The fourth-order valence-electron chi connectivity index (χ4n) is 2.22. The van der Waals surface area contributed by atoms with E-state index in [0.717, 1.165) is 16.2 Å². The standard InChI is InChI=1S/C13H14O2/c1-7(2)11-5-10-4-8-3-9(8)6-12(10)15-13(11)14/h4-9H,3H2,1-2H3. The van der Waals surface area contributed by atoms with Crippen molar-refractivity contribution < 1.29 is 4.42 Å². The number of rotatable bonds is 1. The lowest BCUT2D eigenvalue weighted by atomic mass is 10.0. The molecule has 78 valence electrons. The molecule has 0 bridgehead atoms. The van der Waals surface area contributed by atoms with Gasteiger partial charge in [0.2, 0.25) is 0 Å². The predicted octanol–water partition coefficient (Wildman–Crippen LogP) is 0.974. The lowest BCUT2D eigenvalue weighted by molar-refractivity contribution is 0.458. The minimum atomic E-state index is -0.174. The molecule has 2 unspecified atom stereocenters. The van der Waals surface area contributed by atoms with Crippen LogP contribution < -0.4 is 16.3 Å². The summed E-state index contributed by atoms with van der Waals surface area (Å²) in [4.78, 5) is 11.7. The van der Waals surface area contributed by atoms with Gasteiger partial charge in [0.15, 0.2) is 0 Å². The van der Waals surface area contributed by atoms with Crippen LogP contribution in [0.25, 0.3) is 12.2 Å². The molecule has 1 fully saturated rings. The first-order valence-electron chi connectivity index (χ1n) is 5.53. The third-order valence-electron chi connectivity index (χ3n) is 3.31. The minimum Gasteiger partial charge on any atom is -0.423 e. The Balaban J connectivity index is 2.31. The summed E-state index contributed by atoms with van der Waals surface area (Å²) in [5, 5.41) is 1.11. The highest BCUT2D eigenvalue weighted by Crippen LogP contribution is 2.41. The normalized spacial score (nSPS) is 26.3. The van der Waals surface area contributed by atoms with Crippen LogP contribution in [0.4, 0.5) is 0 Å². The summed E-state index contributed by atoms with van der Waals surface area (Å²) in [6.07, 6.45) is 5.57. The SMILES string of the molecule is CC(C)c1cc2c(oc1=O)=CC1CC1C=2. The molecule has 1 aromatic heterocycles. The van der Waals surface area contributed by atoms with Gasteiger partial charge in [-0.15, -0.1) is 0 Å². The molecule has 15 heavy (non-hydrogen) atoms. The highest BCUT2D eigenvalue weighted by atomic mass is 16.4.